The normalized spacial score (nSPS) is 15.4. The lowest BCUT2D eigenvalue weighted by Crippen LogP contribution is -2.44. The quantitative estimate of drug-likeness (QED) is 0.644. The fourth-order valence-electron chi connectivity index (χ4n) is 2.73. The zero-order chi connectivity index (χ0) is 17.6. The topological polar surface area (TPSA) is 92.9 Å². The number of carbonyl (C=O) groups excluding carboxylic acids is 1. The van der Waals surface area contributed by atoms with Crippen molar-refractivity contribution in [2.75, 3.05) is 39.0 Å². The van der Waals surface area contributed by atoms with Crippen LogP contribution in [0, 0.1) is 0 Å². The van der Waals surface area contributed by atoms with Crippen LogP contribution in [0.1, 0.15) is 16.2 Å². The van der Waals surface area contributed by atoms with Crippen molar-refractivity contribution < 1.29 is 4.79 Å². The summed E-state index contributed by atoms with van der Waals surface area (Å²) in [6.07, 6.45) is 5.45. The highest BCUT2D eigenvalue weighted by Crippen LogP contribution is 2.13. The first-order chi connectivity index (χ1) is 12.2. The Morgan fingerprint density at radius 1 is 1.36 bits per heavy atom. The van der Waals surface area contributed by atoms with E-state index in [1.54, 1.807) is 28.8 Å². The van der Waals surface area contributed by atoms with E-state index < -0.39 is 0 Å². The van der Waals surface area contributed by atoms with Crippen molar-refractivity contribution in [3.8, 4) is 0 Å². The van der Waals surface area contributed by atoms with E-state index in [-0.39, 0.29) is 5.91 Å². The van der Waals surface area contributed by atoms with E-state index in [2.05, 4.69) is 30.8 Å². The van der Waals surface area contributed by atoms with Gasteiger partial charge in [-0.2, -0.15) is 0 Å². The minimum absolute atomic E-state index is 0.222. The molecular formula is C15H24N8OS. The lowest BCUT2D eigenvalue weighted by molar-refractivity contribution is 0.0945. The van der Waals surface area contributed by atoms with Gasteiger partial charge in [0.05, 0.1) is 31.2 Å². The van der Waals surface area contributed by atoms with E-state index in [9.17, 15) is 4.79 Å². The minimum atomic E-state index is -0.222. The van der Waals surface area contributed by atoms with Crippen LogP contribution in [0.15, 0.2) is 17.6 Å². The molecule has 0 unspecified atom stereocenters. The van der Waals surface area contributed by atoms with Crippen molar-refractivity contribution in [3.05, 3.63) is 23.8 Å². The van der Waals surface area contributed by atoms with Crippen molar-refractivity contribution in [2.45, 2.75) is 18.2 Å². The molecule has 1 aliphatic rings. The summed E-state index contributed by atoms with van der Waals surface area (Å²) in [6.45, 7) is 6.21. The fourth-order valence-corrected chi connectivity index (χ4v) is 3.28. The molecule has 2 aromatic heterocycles. The molecule has 10 heteroatoms. The summed E-state index contributed by atoms with van der Waals surface area (Å²) < 4.78 is 3.70. The van der Waals surface area contributed by atoms with Gasteiger partial charge >= 0.3 is 0 Å². The number of hydrogen-bond donors (Lipinski definition) is 2. The van der Waals surface area contributed by atoms with Crippen molar-refractivity contribution in [3.63, 3.8) is 0 Å². The second kappa shape index (κ2) is 8.45. The van der Waals surface area contributed by atoms with E-state index >= 15 is 0 Å². The summed E-state index contributed by atoms with van der Waals surface area (Å²) in [6, 6.07) is 0. The highest BCUT2D eigenvalue weighted by Gasteiger charge is 2.14. The third-order valence-corrected chi connectivity index (χ3v) is 5.03. The molecule has 25 heavy (non-hydrogen) atoms. The number of rotatable bonds is 7. The maximum absolute atomic E-state index is 12.2. The van der Waals surface area contributed by atoms with Crippen LogP contribution in [0.2, 0.25) is 0 Å². The van der Waals surface area contributed by atoms with E-state index in [0.29, 0.717) is 12.2 Å². The molecule has 3 heterocycles. The standard InChI is InChI=1S/C15H24N8OS/c1-21-12(10-18-15(21)25-2)9-17-14(24)13-11-23(20-19-13)8-7-22-5-3-16-4-6-22/h10-11,16H,3-9H2,1-2H3,(H,17,24). The number of carbonyl (C=O) groups is 1. The van der Waals surface area contributed by atoms with Crippen LogP contribution in [-0.4, -0.2) is 74.3 Å². The summed E-state index contributed by atoms with van der Waals surface area (Å²) in [5, 5.41) is 15.2. The van der Waals surface area contributed by atoms with Gasteiger partial charge in [0.25, 0.3) is 5.91 Å². The van der Waals surface area contributed by atoms with Crippen LogP contribution >= 0.6 is 11.8 Å². The predicted octanol–water partition coefficient (Wildman–Crippen LogP) is -0.431. The first-order valence-electron chi connectivity index (χ1n) is 8.33. The van der Waals surface area contributed by atoms with E-state index in [4.69, 9.17) is 0 Å². The van der Waals surface area contributed by atoms with E-state index in [0.717, 1.165) is 50.1 Å². The number of thioether (sulfide) groups is 1. The van der Waals surface area contributed by atoms with Gasteiger partial charge in [-0.1, -0.05) is 17.0 Å². The van der Waals surface area contributed by atoms with Crippen LogP contribution < -0.4 is 10.6 Å². The zero-order valence-electron chi connectivity index (χ0n) is 14.6. The van der Waals surface area contributed by atoms with Gasteiger partial charge in [0, 0.05) is 39.8 Å². The van der Waals surface area contributed by atoms with Gasteiger partial charge in [0.2, 0.25) is 0 Å². The van der Waals surface area contributed by atoms with Gasteiger partial charge in [0.15, 0.2) is 10.9 Å². The number of amides is 1. The van der Waals surface area contributed by atoms with Gasteiger partial charge in [-0.3, -0.25) is 14.4 Å². The average Bonchev–Trinajstić information content (AvgIpc) is 3.25. The van der Waals surface area contributed by atoms with Gasteiger partial charge in [-0.15, -0.1) is 5.10 Å². The Balaban J connectivity index is 1.49. The summed E-state index contributed by atoms with van der Waals surface area (Å²) in [4.78, 5) is 18.9. The Morgan fingerprint density at radius 2 is 2.16 bits per heavy atom. The molecule has 0 saturated carbocycles. The molecule has 0 aliphatic carbocycles. The maximum atomic E-state index is 12.2. The third-order valence-electron chi connectivity index (χ3n) is 4.28. The van der Waals surface area contributed by atoms with Crippen molar-refractivity contribution >= 4 is 17.7 Å². The first-order valence-corrected chi connectivity index (χ1v) is 9.56. The molecule has 1 saturated heterocycles. The smallest absolute Gasteiger partial charge is 0.273 e. The number of aromatic nitrogens is 5. The maximum Gasteiger partial charge on any atom is 0.273 e. The van der Waals surface area contributed by atoms with Gasteiger partial charge in [0.1, 0.15) is 0 Å². The summed E-state index contributed by atoms with van der Waals surface area (Å²) in [5.41, 5.74) is 1.29. The van der Waals surface area contributed by atoms with Crippen LogP contribution in [-0.2, 0) is 20.1 Å². The number of hydrogen-bond acceptors (Lipinski definition) is 7. The third kappa shape index (κ3) is 4.59. The molecule has 1 fully saturated rings. The molecule has 2 N–H and O–H groups in total. The SMILES string of the molecule is CSc1ncc(CNC(=O)c2cn(CCN3CCNCC3)nn2)n1C. The summed E-state index contributed by atoms with van der Waals surface area (Å²) in [5.74, 6) is -0.222. The first kappa shape index (κ1) is 17.9. The number of piperazine rings is 1. The molecule has 3 rings (SSSR count). The molecule has 0 atom stereocenters. The average molecular weight is 364 g/mol. The Kier molecular flexibility index (Phi) is 6.05. The number of nitrogens with one attached hydrogen (secondary N) is 2. The molecule has 1 aliphatic heterocycles. The number of imidazole rings is 1. The Bertz CT molecular complexity index is 706. The molecule has 0 spiro atoms. The molecule has 0 aromatic carbocycles. The predicted molar refractivity (Wildman–Crippen MR) is 95.5 cm³/mol. The van der Waals surface area contributed by atoms with Gasteiger partial charge in [-0.05, 0) is 6.26 Å². The molecule has 136 valence electrons. The fraction of sp³-hybridized carbons (Fsp3) is 0.600. The molecule has 9 nitrogen and oxygen atoms in total. The van der Waals surface area contributed by atoms with Crippen molar-refractivity contribution in [2.24, 2.45) is 7.05 Å². The van der Waals surface area contributed by atoms with Gasteiger partial charge in [-0.25, -0.2) is 4.98 Å². The highest BCUT2D eigenvalue weighted by molar-refractivity contribution is 7.98. The molecule has 1 amide bonds. The minimum Gasteiger partial charge on any atom is -0.345 e. The van der Waals surface area contributed by atoms with E-state index in [1.807, 2.05) is 17.9 Å². The Hall–Kier alpha value is -1.91. The lowest BCUT2D eigenvalue weighted by atomic mass is 10.3. The summed E-state index contributed by atoms with van der Waals surface area (Å²) in [7, 11) is 1.94. The molecule has 0 bridgehead atoms. The monoisotopic (exact) mass is 364 g/mol. The second-order valence-corrected chi connectivity index (χ2v) is 6.71. The van der Waals surface area contributed by atoms with Crippen molar-refractivity contribution in [1.82, 2.24) is 40.1 Å². The Labute approximate surface area is 151 Å². The number of nitrogens with zero attached hydrogens (tertiary/aromatic N) is 6. The lowest BCUT2D eigenvalue weighted by Gasteiger charge is -2.26. The second-order valence-electron chi connectivity index (χ2n) is 5.94. The summed E-state index contributed by atoms with van der Waals surface area (Å²) >= 11 is 1.57. The van der Waals surface area contributed by atoms with Crippen LogP contribution in [0.25, 0.3) is 0 Å². The van der Waals surface area contributed by atoms with E-state index in [1.165, 1.54) is 0 Å². The molecular weight excluding hydrogens is 340 g/mol. The van der Waals surface area contributed by atoms with Gasteiger partial charge < -0.3 is 15.2 Å². The highest BCUT2D eigenvalue weighted by atomic mass is 32.2. The Morgan fingerprint density at radius 3 is 2.88 bits per heavy atom. The van der Waals surface area contributed by atoms with Crippen LogP contribution in [0.4, 0.5) is 0 Å². The molecule has 2 aromatic rings. The van der Waals surface area contributed by atoms with Crippen LogP contribution in [0.3, 0.4) is 0 Å². The largest absolute Gasteiger partial charge is 0.345 e. The van der Waals surface area contributed by atoms with Crippen molar-refractivity contribution in [1.29, 1.82) is 0 Å². The molecule has 0 radical (unpaired) electrons. The zero-order valence-corrected chi connectivity index (χ0v) is 15.4. The van der Waals surface area contributed by atoms with Crippen LogP contribution in [0.5, 0.6) is 0 Å².